The summed E-state index contributed by atoms with van der Waals surface area (Å²) in [7, 11) is 0. The number of thiophene rings is 1. The number of hydrogen-bond acceptors (Lipinski definition) is 3. The minimum atomic E-state index is 0.656. The lowest BCUT2D eigenvalue weighted by Gasteiger charge is -2.02. The Labute approximate surface area is 114 Å². The van der Waals surface area contributed by atoms with Crippen LogP contribution in [0.4, 0.5) is 11.4 Å². The fourth-order valence-electron chi connectivity index (χ4n) is 2.65. The second-order valence-corrected chi connectivity index (χ2v) is 5.76. The van der Waals surface area contributed by atoms with E-state index in [0.29, 0.717) is 11.4 Å². The first kappa shape index (κ1) is 10.6. The van der Waals surface area contributed by atoms with Gasteiger partial charge in [-0.2, -0.15) is 0 Å². The van der Waals surface area contributed by atoms with Crippen LogP contribution in [0, 0.1) is 0 Å². The van der Waals surface area contributed by atoms with Crippen molar-refractivity contribution in [3.05, 3.63) is 48.5 Å². The van der Waals surface area contributed by atoms with Gasteiger partial charge < -0.3 is 11.5 Å². The SMILES string of the molecule is Nc1ccc2c(sc3ccc4ccccc4c32)c1N. The lowest BCUT2D eigenvalue weighted by Crippen LogP contribution is -1.93. The van der Waals surface area contributed by atoms with Crippen LogP contribution in [0.1, 0.15) is 0 Å². The van der Waals surface area contributed by atoms with Gasteiger partial charge in [0.1, 0.15) is 0 Å². The number of rotatable bonds is 0. The fourth-order valence-corrected chi connectivity index (χ4v) is 3.83. The number of nitrogen functional groups attached to an aromatic ring is 2. The second-order valence-electron chi connectivity index (χ2n) is 4.71. The average molecular weight is 264 g/mol. The predicted octanol–water partition coefficient (Wildman–Crippen LogP) is 4.37. The number of benzene rings is 3. The molecule has 3 aromatic carbocycles. The van der Waals surface area contributed by atoms with Crippen LogP contribution >= 0.6 is 11.3 Å². The third-order valence-electron chi connectivity index (χ3n) is 3.60. The molecule has 1 heterocycles. The van der Waals surface area contributed by atoms with Crippen LogP contribution in [0.2, 0.25) is 0 Å². The molecule has 0 bridgehead atoms. The Morgan fingerprint density at radius 1 is 0.789 bits per heavy atom. The first-order chi connectivity index (χ1) is 9.25. The van der Waals surface area contributed by atoms with Crippen LogP contribution in [0.3, 0.4) is 0 Å². The van der Waals surface area contributed by atoms with Gasteiger partial charge in [-0.15, -0.1) is 11.3 Å². The summed E-state index contributed by atoms with van der Waals surface area (Å²) in [6.07, 6.45) is 0. The van der Waals surface area contributed by atoms with Gasteiger partial charge in [0, 0.05) is 15.5 Å². The van der Waals surface area contributed by atoms with E-state index in [-0.39, 0.29) is 0 Å². The van der Waals surface area contributed by atoms with Gasteiger partial charge in [0.05, 0.1) is 16.1 Å². The summed E-state index contributed by atoms with van der Waals surface area (Å²) >= 11 is 1.71. The van der Waals surface area contributed by atoms with E-state index >= 15 is 0 Å². The second kappa shape index (κ2) is 3.62. The minimum absolute atomic E-state index is 0.656. The van der Waals surface area contributed by atoms with Crippen molar-refractivity contribution in [2.45, 2.75) is 0 Å². The molecule has 92 valence electrons. The van der Waals surface area contributed by atoms with Crippen molar-refractivity contribution in [1.82, 2.24) is 0 Å². The van der Waals surface area contributed by atoms with Crippen molar-refractivity contribution in [2.24, 2.45) is 0 Å². The van der Waals surface area contributed by atoms with E-state index in [4.69, 9.17) is 11.5 Å². The standard InChI is InChI=1S/C16H12N2S/c17-12-7-6-11-14-10-4-2-1-3-9(10)5-8-13(14)19-16(11)15(12)18/h1-8H,17-18H2. The Morgan fingerprint density at radius 3 is 2.53 bits per heavy atom. The molecule has 1 aromatic heterocycles. The number of anilines is 2. The highest BCUT2D eigenvalue weighted by Crippen LogP contribution is 2.42. The largest absolute Gasteiger partial charge is 0.397 e. The third kappa shape index (κ3) is 1.36. The molecule has 4 rings (SSSR count). The van der Waals surface area contributed by atoms with E-state index in [2.05, 4.69) is 42.5 Å². The summed E-state index contributed by atoms with van der Waals surface area (Å²) in [6, 6.07) is 16.7. The lowest BCUT2D eigenvalue weighted by molar-refractivity contribution is 1.76. The molecular formula is C16H12N2S. The van der Waals surface area contributed by atoms with E-state index in [1.54, 1.807) is 11.3 Å². The molecule has 0 saturated carbocycles. The van der Waals surface area contributed by atoms with Gasteiger partial charge in [-0.3, -0.25) is 0 Å². The van der Waals surface area contributed by atoms with Crippen molar-refractivity contribution in [1.29, 1.82) is 0 Å². The van der Waals surface area contributed by atoms with Crippen molar-refractivity contribution in [3.63, 3.8) is 0 Å². The molecule has 0 aliphatic rings. The smallest absolute Gasteiger partial charge is 0.0729 e. The first-order valence-electron chi connectivity index (χ1n) is 6.13. The third-order valence-corrected chi connectivity index (χ3v) is 4.81. The van der Waals surface area contributed by atoms with E-state index in [9.17, 15) is 0 Å². The zero-order chi connectivity index (χ0) is 13.0. The molecule has 0 unspecified atom stereocenters. The molecule has 0 amide bonds. The lowest BCUT2D eigenvalue weighted by atomic mass is 10.0. The minimum Gasteiger partial charge on any atom is -0.397 e. The summed E-state index contributed by atoms with van der Waals surface area (Å²) in [5.74, 6) is 0. The average Bonchev–Trinajstić information content (AvgIpc) is 2.83. The van der Waals surface area contributed by atoms with Crippen molar-refractivity contribution < 1.29 is 0 Å². The van der Waals surface area contributed by atoms with Crippen molar-refractivity contribution in [3.8, 4) is 0 Å². The summed E-state index contributed by atoms with van der Waals surface area (Å²) in [6.45, 7) is 0. The van der Waals surface area contributed by atoms with E-state index < -0.39 is 0 Å². The van der Waals surface area contributed by atoms with Crippen LogP contribution in [0.25, 0.3) is 30.9 Å². The quantitative estimate of drug-likeness (QED) is 0.463. The first-order valence-corrected chi connectivity index (χ1v) is 6.95. The summed E-state index contributed by atoms with van der Waals surface area (Å²) in [4.78, 5) is 0. The molecule has 4 aromatic rings. The van der Waals surface area contributed by atoms with Gasteiger partial charge in [0.15, 0.2) is 0 Å². The topological polar surface area (TPSA) is 52.0 Å². The van der Waals surface area contributed by atoms with E-state index in [0.717, 1.165) is 4.70 Å². The van der Waals surface area contributed by atoms with Gasteiger partial charge in [-0.1, -0.05) is 36.4 Å². The Morgan fingerprint density at radius 2 is 1.63 bits per heavy atom. The maximum atomic E-state index is 6.11. The number of fused-ring (bicyclic) bond motifs is 5. The number of nitrogens with two attached hydrogens (primary N) is 2. The molecule has 3 heteroatoms. The summed E-state index contributed by atoms with van der Waals surface area (Å²) < 4.78 is 2.34. The van der Waals surface area contributed by atoms with Crippen LogP contribution in [-0.4, -0.2) is 0 Å². The summed E-state index contributed by atoms with van der Waals surface area (Å²) in [5.41, 5.74) is 13.4. The molecule has 0 saturated heterocycles. The molecule has 0 spiro atoms. The fraction of sp³-hybridized carbons (Fsp3) is 0. The molecule has 2 nitrogen and oxygen atoms in total. The normalized spacial score (nSPS) is 11.6. The van der Waals surface area contributed by atoms with Gasteiger partial charge >= 0.3 is 0 Å². The highest BCUT2D eigenvalue weighted by Gasteiger charge is 2.11. The van der Waals surface area contributed by atoms with Crippen LogP contribution in [-0.2, 0) is 0 Å². The monoisotopic (exact) mass is 264 g/mol. The molecule has 4 N–H and O–H groups in total. The Kier molecular flexibility index (Phi) is 2.03. The van der Waals surface area contributed by atoms with Gasteiger partial charge in [0.2, 0.25) is 0 Å². The Bertz CT molecular complexity index is 938. The summed E-state index contributed by atoms with van der Waals surface area (Å²) in [5, 5.41) is 5.01. The molecule has 0 aliphatic heterocycles. The van der Waals surface area contributed by atoms with Crippen molar-refractivity contribution in [2.75, 3.05) is 11.5 Å². The highest BCUT2D eigenvalue weighted by molar-refractivity contribution is 7.26. The van der Waals surface area contributed by atoms with Crippen LogP contribution in [0.5, 0.6) is 0 Å². The van der Waals surface area contributed by atoms with E-state index in [1.165, 1.54) is 26.2 Å². The zero-order valence-corrected chi connectivity index (χ0v) is 11.0. The predicted molar refractivity (Wildman–Crippen MR) is 85.7 cm³/mol. The molecule has 0 radical (unpaired) electrons. The Hall–Kier alpha value is -2.26. The van der Waals surface area contributed by atoms with Crippen LogP contribution < -0.4 is 11.5 Å². The molecule has 0 aliphatic carbocycles. The zero-order valence-electron chi connectivity index (χ0n) is 10.2. The van der Waals surface area contributed by atoms with Gasteiger partial charge in [0.25, 0.3) is 0 Å². The van der Waals surface area contributed by atoms with Gasteiger partial charge in [-0.05, 0) is 22.9 Å². The molecule has 19 heavy (non-hydrogen) atoms. The van der Waals surface area contributed by atoms with Crippen molar-refractivity contribution >= 4 is 53.7 Å². The van der Waals surface area contributed by atoms with Gasteiger partial charge in [-0.25, -0.2) is 0 Å². The Balaban J connectivity index is 2.34. The van der Waals surface area contributed by atoms with Crippen LogP contribution in [0.15, 0.2) is 48.5 Å². The highest BCUT2D eigenvalue weighted by atomic mass is 32.1. The van der Waals surface area contributed by atoms with E-state index in [1.807, 2.05) is 6.07 Å². The maximum absolute atomic E-state index is 6.11. The molecular weight excluding hydrogens is 252 g/mol. The molecule has 0 fully saturated rings. The molecule has 0 atom stereocenters. The number of hydrogen-bond donors (Lipinski definition) is 2. The maximum Gasteiger partial charge on any atom is 0.0729 e.